The molecule has 0 saturated carbocycles. The molecule has 0 rings (SSSR count). The summed E-state index contributed by atoms with van der Waals surface area (Å²) in [4.78, 5) is 34.7. The molecule has 0 amide bonds. The molecule has 0 radical (unpaired) electrons. The molecule has 0 aromatic rings. The Labute approximate surface area is 175 Å². The molecule has 0 N–H and O–H groups in total. The second kappa shape index (κ2) is 17.7. The quantitative estimate of drug-likeness (QED) is 0.267. The average Bonchev–Trinajstić information content (AvgIpc) is 2.52. The number of carbonyl (C=O) groups excluding carboxylic acids is 3. The van der Waals surface area contributed by atoms with E-state index < -0.39 is 0 Å². The van der Waals surface area contributed by atoms with Crippen molar-refractivity contribution in [1.29, 1.82) is 0 Å². The Kier molecular flexibility index (Phi) is 18.6. The van der Waals surface area contributed by atoms with Gasteiger partial charge in [0, 0.05) is 65.2 Å². The van der Waals surface area contributed by atoms with E-state index in [-0.39, 0.29) is 20.6 Å². The molecule has 1 unspecified atom stereocenters. The maximum Gasteiger partial charge on any atom is 0.190 e. The Morgan fingerprint density at radius 3 is 1.83 bits per heavy atom. The molecule has 0 aliphatic rings. The number of thioether (sulfide) groups is 4. The van der Waals surface area contributed by atoms with Crippen LogP contribution in [0.3, 0.4) is 0 Å². The van der Waals surface area contributed by atoms with Crippen LogP contribution >= 0.6 is 81.9 Å². The summed E-state index contributed by atoms with van der Waals surface area (Å²) < 4.78 is 0. The van der Waals surface area contributed by atoms with Gasteiger partial charge >= 0.3 is 0 Å². The number of hydrogen-bond donors (Lipinski definition) is 0. The third kappa shape index (κ3) is 15.5. The highest BCUT2D eigenvalue weighted by molar-refractivity contribution is 8.18. The van der Waals surface area contributed by atoms with Crippen molar-refractivity contribution in [3.63, 3.8) is 0 Å². The zero-order chi connectivity index (χ0) is 18.2. The number of hydrogen-bond acceptors (Lipinski definition) is 7. The Bertz CT molecular complexity index is 386. The molecule has 0 aliphatic heterocycles. The van der Waals surface area contributed by atoms with Crippen LogP contribution in [0.1, 0.15) is 19.3 Å². The minimum absolute atomic E-state index is 0.0487. The van der Waals surface area contributed by atoms with E-state index in [0.29, 0.717) is 42.7 Å². The van der Waals surface area contributed by atoms with Crippen LogP contribution in [0.15, 0.2) is 0 Å². The molecule has 0 heterocycles. The molecule has 3 nitrogen and oxygen atoms in total. The van der Waals surface area contributed by atoms with E-state index in [1.807, 2.05) is 0 Å². The summed E-state index contributed by atoms with van der Waals surface area (Å²) >= 11 is 22.1. The van der Waals surface area contributed by atoms with Gasteiger partial charge in [-0.2, -0.15) is 11.8 Å². The molecular formula is C14H21Cl3O3S4. The van der Waals surface area contributed by atoms with E-state index in [0.717, 1.165) is 17.3 Å². The van der Waals surface area contributed by atoms with E-state index in [1.165, 1.54) is 35.3 Å². The van der Waals surface area contributed by atoms with E-state index >= 15 is 0 Å². The lowest BCUT2D eigenvalue weighted by Crippen LogP contribution is -2.15. The molecule has 1 atom stereocenters. The minimum Gasteiger partial charge on any atom is -0.287 e. The predicted molar refractivity (Wildman–Crippen MR) is 115 cm³/mol. The molecule has 0 spiro atoms. The number of carbonyl (C=O) groups is 3. The predicted octanol–water partition coefficient (Wildman–Crippen LogP) is 4.75. The topological polar surface area (TPSA) is 51.2 Å². The second-order valence-electron chi connectivity index (χ2n) is 4.41. The second-order valence-corrected chi connectivity index (χ2v) is 10.3. The van der Waals surface area contributed by atoms with Crippen LogP contribution in [-0.4, -0.2) is 61.2 Å². The minimum atomic E-state index is 0.0487. The van der Waals surface area contributed by atoms with Gasteiger partial charge in [0.25, 0.3) is 0 Å². The first-order valence-corrected chi connectivity index (χ1v) is 12.9. The van der Waals surface area contributed by atoms with Gasteiger partial charge < -0.3 is 0 Å². The standard InChI is InChI=1S/C14H21Cl3O3S4/c15-4-1-12(18)22-8-7-21-9-11(24-14(20)3-6-17)10-23-13(19)2-5-16/h11H,1-10H2. The van der Waals surface area contributed by atoms with Crippen LogP contribution in [0, 0.1) is 0 Å². The van der Waals surface area contributed by atoms with Crippen molar-refractivity contribution in [1.82, 2.24) is 0 Å². The van der Waals surface area contributed by atoms with Gasteiger partial charge in [0.2, 0.25) is 0 Å². The summed E-state index contributed by atoms with van der Waals surface area (Å²) in [6.07, 6.45) is 1.06. The van der Waals surface area contributed by atoms with Gasteiger partial charge in [-0.15, -0.1) is 34.8 Å². The molecule has 0 bridgehead atoms. The summed E-state index contributed by atoms with van der Waals surface area (Å²) in [5.41, 5.74) is 0. The van der Waals surface area contributed by atoms with Crippen molar-refractivity contribution in [2.45, 2.75) is 24.5 Å². The zero-order valence-electron chi connectivity index (χ0n) is 13.1. The molecule has 24 heavy (non-hydrogen) atoms. The highest BCUT2D eigenvalue weighted by atomic mass is 35.5. The van der Waals surface area contributed by atoms with Crippen molar-refractivity contribution in [3.8, 4) is 0 Å². The Hall–Kier alpha value is 1.28. The monoisotopic (exact) mass is 470 g/mol. The van der Waals surface area contributed by atoms with Gasteiger partial charge in [-0.1, -0.05) is 35.3 Å². The molecular weight excluding hydrogens is 451 g/mol. The molecule has 140 valence electrons. The van der Waals surface area contributed by atoms with Gasteiger partial charge in [-0.3, -0.25) is 14.4 Å². The van der Waals surface area contributed by atoms with Crippen molar-refractivity contribution < 1.29 is 14.4 Å². The number of halogens is 3. The number of alkyl halides is 3. The third-order valence-corrected chi connectivity index (χ3v) is 7.96. The summed E-state index contributed by atoms with van der Waals surface area (Å²) in [5.74, 6) is 3.86. The van der Waals surface area contributed by atoms with Gasteiger partial charge in [0.05, 0.1) is 0 Å². The molecule has 0 aromatic carbocycles. The van der Waals surface area contributed by atoms with E-state index in [9.17, 15) is 14.4 Å². The van der Waals surface area contributed by atoms with Gasteiger partial charge in [0.15, 0.2) is 15.3 Å². The molecule has 0 fully saturated rings. The summed E-state index contributed by atoms with van der Waals surface area (Å²) in [6, 6.07) is 0. The first kappa shape index (κ1) is 25.3. The fraction of sp³-hybridized carbons (Fsp3) is 0.786. The fourth-order valence-corrected chi connectivity index (χ4v) is 6.54. The molecule has 0 aromatic heterocycles. The van der Waals surface area contributed by atoms with Crippen LogP contribution < -0.4 is 0 Å². The largest absolute Gasteiger partial charge is 0.287 e. The van der Waals surface area contributed by atoms with E-state index in [1.54, 1.807) is 11.8 Å². The van der Waals surface area contributed by atoms with Gasteiger partial charge in [0.1, 0.15) is 0 Å². The van der Waals surface area contributed by atoms with Crippen LogP contribution in [0.2, 0.25) is 0 Å². The Morgan fingerprint density at radius 1 is 0.708 bits per heavy atom. The molecule has 0 aliphatic carbocycles. The maximum atomic E-state index is 11.8. The van der Waals surface area contributed by atoms with Gasteiger partial charge in [-0.25, -0.2) is 0 Å². The third-order valence-electron chi connectivity index (χ3n) is 2.42. The normalized spacial score (nSPS) is 12.1. The number of rotatable bonds is 14. The van der Waals surface area contributed by atoms with Crippen molar-refractivity contribution >= 4 is 97.2 Å². The Balaban J connectivity index is 4.11. The van der Waals surface area contributed by atoms with Crippen molar-refractivity contribution in [3.05, 3.63) is 0 Å². The Morgan fingerprint density at radius 2 is 1.25 bits per heavy atom. The molecule has 10 heteroatoms. The maximum absolute atomic E-state index is 11.8. The van der Waals surface area contributed by atoms with Gasteiger partial charge in [-0.05, 0) is 0 Å². The summed E-state index contributed by atoms with van der Waals surface area (Å²) in [6.45, 7) is 0. The van der Waals surface area contributed by atoms with Crippen LogP contribution in [0.4, 0.5) is 0 Å². The highest BCUT2D eigenvalue weighted by Crippen LogP contribution is 2.24. The SMILES string of the molecule is O=C(CCCl)SCCSCC(CSC(=O)CCCl)SC(=O)CCCl. The lowest BCUT2D eigenvalue weighted by Gasteiger charge is -2.14. The smallest absolute Gasteiger partial charge is 0.190 e. The zero-order valence-corrected chi connectivity index (χ0v) is 18.7. The van der Waals surface area contributed by atoms with Crippen molar-refractivity contribution in [2.75, 3.05) is 40.7 Å². The first-order chi connectivity index (χ1) is 11.5. The van der Waals surface area contributed by atoms with E-state index in [2.05, 4.69) is 0 Å². The van der Waals surface area contributed by atoms with E-state index in [4.69, 9.17) is 34.8 Å². The first-order valence-electron chi connectivity index (χ1n) is 7.29. The lowest BCUT2D eigenvalue weighted by atomic mass is 10.5. The fourth-order valence-electron chi connectivity index (χ4n) is 1.35. The average molecular weight is 472 g/mol. The highest BCUT2D eigenvalue weighted by Gasteiger charge is 2.17. The summed E-state index contributed by atoms with van der Waals surface area (Å²) in [7, 11) is 0. The lowest BCUT2D eigenvalue weighted by molar-refractivity contribution is -0.111. The van der Waals surface area contributed by atoms with Crippen LogP contribution in [-0.2, 0) is 14.4 Å². The van der Waals surface area contributed by atoms with Crippen LogP contribution in [0.5, 0.6) is 0 Å². The van der Waals surface area contributed by atoms with Crippen molar-refractivity contribution in [2.24, 2.45) is 0 Å². The van der Waals surface area contributed by atoms with Crippen LogP contribution in [0.25, 0.3) is 0 Å². The summed E-state index contributed by atoms with van der Waals surface area (Å²) in [5, 5.41) is 0.259. The molecule has 0 saturated heterocycles.